The molecule has 0 saturated heterocycles. The first-order valence-electron chi connectivity index (χ1n) is 7.40. The molecule has 1 aliphatic rings. The Balaban J connectivity index is 2.00. The van der Waals surface area contributed by atoms with Gasteiger partial charge in [0.1, 0.15) is 18.5 Å². The van der Waals surface area contributed by atoms with Gasteiger partial charge in [-0.1, -0.05) is 13.0 Å². The van der Waals surface area contributed by atoms with Crippen LogP contribution in [0.3, 0.4) is 0 Å². The third kappa shape index (κ3) is 3.95. The van der Waals surface area contributed by atoms with E-state index in [1.807, 2.05) is 6.07 Å². The largest absolute Gasteiger partial charge is 0.491 e. The topological polar surface area (TPSA) is 50.7 Å². The Kier molecular flexibility index (Phi) is 5.83. The van der Waals surface area contributed by atoms with Crippen LogP contribution < -0.4 is 10.1 Å². The van der Waals surface area contributed by atoms with Crippen LogP contribution in [-0.4, -0.2) is 38.1 Å². The maximum atomic E-state index is 9.60. The van der Waals surface area contributed by atoms with E-state index in [-0.39, 0.29) is 6.61 Å². The van der Waals surface area contributed by atoms with E-state index >= 15 is 0 Å². The van der Waals surface area contributed by atoms with E-state index in [1.54, 1.807) is 7.11 Å². The van der Waals surface area contributed by atoms with E-state index in [4.69, 9.17) is 9.47 Å². The summed E-state index contributed by atoms with van der Waals surface area (Å²) in [6.45, 7) is 3.70. The van der Waals surface area contributed by atoms with Crippen molar-refractivity contribution < 1.29 is 14.6 Å². The Bertz CT molecular complexity index is 422. The maximum Gasteiger partial charge on any atom is 0.119 e. The Labute approximate surface area is 121 Å². The van der Waals surface area contributed by atoms with Crippen molar-refractivity contribution in [1.29, 1.82) is 0 Å². The lowest BCUT2D eigenvalue weighted by Crippen LogP contribution is -2.25. The predicted molar refractivity (Wildman–Crippen MR) is 79.2 cm³/mol. The predicted octanol–water partition coefficient (Wildman–Crippen LogP) is 2.06. The van der Waals surface area contributed by atoms with Crippen LogP contribution in [0, 0.1) is 0 Å². The van der Waals surface area contributed by atoms with Gasteiger partial charge in [-0.25, -0.2) is 0 Å². The summed E-state index contributed by atoms with van der Waals surface area (Å²) in [4.78, 5) is 0. The fourth-order valence-corrected chi connectivity index (χ4v) is 2.77. The van der Waals surface area contributed by atoms with E-state index < -0.39 is 6.10 Å². The molecule has 0 radical (unpaired) electrons. The smallest absolute Gasteiger partial charge is 0.119 e. The number of aliphatic hydroxyl groups is 1. The monoisotopic (exact) mass is 279 g/mol. The van der Waals surface area contributed by atoms with Crippen LogP contribution >= 0.6 is 0 Å². The molecule has 4 nitrogen and oxygen atoms in total. The molecule has 0 heterocycles. The van der Waals surface area contributed by atoms with Crippen molar-refractivity contribution in [2.75, 3.05) is 26.9 Å². The lowest BCUT2D eigenvalue weighted by molar-refractivity contribution is 0.0325. The summed E-state index contributed by atoms with van der Waals surface area (Å²) in [5.74, 6) is 0.830. The number of hydrogen-bond donors (Lipinski definition) is 2. The van der Waals surface area contributed by atoms with E-state index in [0.29, 0.717) is 12.6 Å². The zero-order valence-electron chi connectivity index (χ0n) is 12.4. The molecule has 0 aliphatic heterocycles. The van der Waals surface area contributed by atoms with E-state index in [0.717, 1.165) is 18.7 Å². The average molecular weight is 279 g/mol. The highest BCUT2D eigenvalue weighted by atomic mass is 16.5. The van der Waals surface area contributed by atoms with Gasteiger partial charge in [0.15, 0.2) is 0 Å². The first-order valence-corrected chi connectivity index (χ1v) is 7.40. The third-order valence-electron chi connectivity index (χ3n) is 3.68. The molecule has 1 aromatic rings. The molecular formula is C16H25NO3. The number of methoxy groups -OCH3 is 1. The Morgan fingerprint density at radius 1 is 1.40 bits per heavy atom. The number of aliphatic hydroxyl groups excluding tert-OH is 1. The molecule has 2 rings (SSSR count). The molecule has 4 heteroatoms. The Morgan fingerprint density at radius 3 is 3.00 bits per heavy atom. The van der Waals surface area contributed by atoms with Crippen LogP contribution in [0.25, 0.3) is 0 Å². The van der Waals surface area contributed by atoms with Gasteiger partial charge in [0.25, 0.3) is 0 Å². The second-order valence-corrected chi connectivity index (χ2v) is 5.28. The first kappa shape index (κ1) is 15.3. The summed E-state index contributed by atoms with van der Waals surface area (Å²) in [7, 11) is 1.57. The molecule has 2 N–H and O–H groups in total. The maximum absolute atomic E-state index is 9.60. The lowest BCUT2D eigenvalue weighted by atomic mass is 9.87. The minimum atomic E-state index is -0.578. The van der Waals surface area contributed by atoms with Gasteiger partial charge < -0.3 is 19.9 Å². The second-order valence-electron chi connectivity index (χ2n) is 5.28. The first-order chi connectivity index (χ1) is 9.74. The number of benzene rings is 1. The Morgan fingerprint density at radius 2 is 2.25 bits per heavy atom. The number of aryl methyl sites for hydroxylation is 1. The van der Waals surface area contributed by atoms with E-state index in [1.165, 1.54) is 24.0 Å². The van der Waals surface area contributed by atoms with Crippen LogP contribution in [0.5, 0.6) is 5.75 Å². The molecule has 2 atom stereocenters. The molecule has 20 heavy (non-hydrogen) atoms. The summed E-state index contributed by atoms with van der Waals surface area (Å²) in [6, 6.07) is 6.73. The second kappa shape index (κ2) is 7.62. The van der Waals surface area contributed by atoms with Crippen LogP contribution in [0.15, 0.2) is 18.2 Å². The Hall–Kier alpha value is -1.10. The lowest BCUT2D eigenvalue weighted by Gasteiger charge is -2.26. The van der Waals surface area contributed by atoms with Crippen LogP contribution in [0.1, 0.15) is 36.9 Å². The van der Waals surface area contributed by atoms with Gasteiger partial charge in [-0.15, -0.1) is 0 Å². The number of nitrogens with one attached hydrogen (secondary N) is 1. The SMILES string of the molecule is CCNC1CCCc2cc(OCC(O)COC)ccc21. The number of hydrogen-bond acceptors (Lipinski definition) is 4. The van der Waals surface area contributed by atoms with Crippen molar-refractivity contribution in [1.82, 2.24) is 5.32 Å². The van der Waals surface area contributed by atoms with Crippen molar-refractivity contribution in [3.8, 4) is 5.75 Å². The highest BCUT2D eigenvalue weighted by Gasteiger charge is 2.19. The zero-order valence-corrected chi connectivity index (χ0v) is 12.4. The normalized spacial score (nSPS) is 19.4. The van der Waals surface area contributed by atoms with Crippen LogP contribution in [0.4, 0.5) is 0 Å². The molecule has 0 saturated carbocycles. The summed E-state index contributed by atoms with van der Waals surface area (Å²) < 4.78 is 10.5. The molecule has 1 aromatic carbocycles. The average Bonchev–Trinajstić information content (AvgIpc) is 2.46. The fourth-order valence-electron chi connectivity index (χ4n) is 2.77. The number of fused-ring (bicyclic) bond motifs is 1. The summed E-state index contributed by atoms with van der Waals surface area (Å²) >= 11 is 0. The minimum absolute atomic E-state index is 0.267. The van der Waals surface area contributed by atoms with Gasteiger partial charge >= 0.3 is 0 Å². The van der Waals surface area contributed by atoms with Crippen molar-refractivity contribution >= 4 is 0 Å². The van der Waals surface area contributed by atoms with E-state index in [2.05, 4.69) is 24.4 Å². The van der Waals surface area contributed by atoms with Gasteiger partial charge in [-0.05, 0) is 49.1 Å². The summed E-state index contributed by atoms with van der Waals surface area (Å²) in [5.41, 5.74) is 2.75. The molecule has 0 aromatic heterocycles. The minimum Gasteiger partial charge on any atom is -0.491 e. The number of ether oxygens (including phenoxy) is 2. The zero-order chi connectivity index (χ0) is 14.4. The molecule has 2 unspecified atom stereocenters. The van der Waals surface area contributed by atoms with Crippen molar-refractivity contribution in [3.05, 3.63) is 29.3 Å². The molecule has 1 aliphatic carbocycles. The van der Waals surface area contributed by atoms with Crippen molar-refractivity contribution in [3.63, 3.8) is 0 Å². The quantitative estimate of drug-likeness (QED) is 0.802. The van der Waals surface area contributed by atoms with Crippen molar-refractivity contribution in [2.45, 2.75) is 38.3 Å². The van der Waals surface area contributed by atoms with Gasteiger partial charge in [0, 0.05) is 13.2 Å². The molecule has 0 fully saturated rings. The number of rotatable bonds is 7. The van der Waals surface area contributed by atoms with E-state index in [9.17, 15) is 5.11 Å². The van der Waals surface area contributed by atoms with Gasteiger partial charge in [0.05, 0.1) is 6.61 Å². The molecule has 0 bridgehead atoms. The van der Waals surface area contributed by atoms with Crippen LogP contribution in [-0.2, 0) is 11.2 Å². The third-order valence-corrected chi connectivity index (χ3v) is 3.68. The fraction of sp³-hybridized carbons (Fsp3) is 0.625. The van der Waals surface area contributed by atoms with Gasteiger partial charge in [-0.3, -0.25) is 0 Å². The standard InChI is InChI=1S/C16H25NO3/c1-3-17-16-6-4-5-12-9-14(7-8-15(12)16)20-11-13(18)10-19-2/h7-9,13,16-18H,3-6,10-11H2,1-2H3. The van der Waals surface area contributed by atoms with Gasteiger partial charge in [-0.2, -0.15) is 0 Å². The molecule has 0 spiro atoms. The highest BCUT2D eigenvalue weighted by molar-refractivity contribution is 5.39. The van der Waals surface area contributed by atoms with Crippen molar-refractivity contribution in [2.24, 2.45) is 0 Å². The molecular weight excluding hydrogens is 254 g/mol. The molecule has 112 valence electrons. The molecule has 0 amide bonds. The summed E-state index contributed by atoms with van der Waals surface area (Å²) in [6.07, 6.45) is 2.94. The van der Waals surface area contributed by atoms with Gasteiger partial charge in [0.2, 0.25) is 0 Å². The van der Waals surface area contributed by atoms with Crippen LogP contribution in [0.2, 0.25) is 0 Å². The summed E-state index contributed by atoms with van der Waals surface area (Å²) in [5, 5.41) is 13.1. The highest BCUT2D eigenvalue weighted by Crippen LogP contribution is 2.32.